The summed E-state index contributed by atoms with van der Waals surface area (Å²) < 4.78 is 0.453. The van der Waals surface area contributed by atoms with E-state index in [1.165, 1.54) is 18.3 Å². The summed E-state index contributed by atoms with van der Waals surface area (Å²) in [7, 11) is 0. The molecule has 0 saturated carbocycles. The zero-order chi connectivity index (χ0) is 18.8. The van der Waals surface area contributed by atoms with Crippen molar-refractivity contribution in [1.82, 2.24) is 5.43 Å². The van der Waals surface area contributed by atoms with Gasteiger partial charge in [0.15, 0.2) is 0 Å². The van der Waals surface area contributed by atoms with Crippen LogP contribution in [0.3, 0.4) is 0 Å². The monoisotopic (exact) mass is 478 g/mol. The summed E-state index contributed by atoms with van der Waals surface area (Å²) in [5.74, 6) is -1.10. The summed E-state index contributed by atoms with van der Waals surface area (Å²) in [5.41, 5.74) is 2.65. The van der Waals surface area contributed by atoms with Gasteiger partial charge in [0.05, 0.1) is 16.3 Å². The Bertz CT molecular complexity index is 1050. The highest BCUT2D eigenvalue weighted by atomic mass is 79.9. The van der Waals surface area contributed by atoms with Gasteiger partial charge in [0.2, 0.25) is 0 Å². The third-order valence-electron chi connectivity index (χ3n) is 3.71. The molecule has 26 heavy (non-hydrogen) atoms. The smallest absolute Gasteiger partial charge is 0.275 e. The van der Waals surface area contributed by atoms with Gasteiger partial charge in [-0.05, 0) is 49.4 Å². The number of hydrazone groups is 1. The van der Waals surface area contributed by atoms with Crippen LogP contribution in [-0.2, 0) is 0 Å². The molecule has 132 valence electrons. The maximum absolute atomic E-state index is 12.3. The first-order chi connectivity index (χ1) is 12.4. The van der Waals surface area contributed by atoms with Gasteiger partial charge in [-0.2, -0.15) is 5.10 Å². The SMILES string of the molecule is O=C(N/N=C/c1cc(Br)c(O)c(Br)c1O)c1ccc2ccccc2c1O. The molecule has 0 heterocycles. The third kappa shape index (κ3) is 3.38. The Kier molecular flexibility index (Phi) is 5.15. The van der Waals surface area contributed by atoms with Crippen molar-refractivity contribution in [3.63, 3.8) is 0 Å². The second-order valence-corrected chi connectivity index (χ2v) is 6.99. The number of nitrogens with one attached hydrogen (secondary N) is 1. The number of benzene rings is 3. The van der Waals surface area contributed by atoms with Crippen molar-refractivity contribution in [2.75, 3.05) is 0 Å². The Morgan fingerprint density at radius 1 is 1.00 bits per heavy atom. The van der Waals surface area contributed by atoms with Crippen LogP contribution in [0.4, 0.5) is 0 Å². The normalized spacial score (nSPS) is 11.2. The molecule has 0 fully saturated rings. The zero-order valence-electron chi connectivity index (χ0n) is 13.1. The van der Waals surface area contributed by atoms with E-state index in [9.17, 15) is 20.1 Å². The fourth-order valence-corrected chi connectivity index (χ4v) is 3.53. The number of hydrogen-bond acceptors (Lipinski definition) is 5. The van der Waals surface area contributed by atoms with Crippen LogP contribution in [0.15, 0.2) is 56.5 Å². The van der Waals surface area contributed by atoms with E-state index in [4.69, 9.17) is 0 Å². The number of phenols is 3. The van der Waals surface area contributed by atoms with Crippen molar-refractivity contribution in [2.45, 2.75) is 0 Å². The lowest BCUT2D eigenvalue weighted by molar-refractivity contribution is 0.0952. The van der Waals surface area contributed by atoms with E-state index in [0.29, 0.717) is 9.86 Å². The van der Waals surface area contributed by atoms with E-state index in [1.54, 1.807) is 18.2 Å². The molecule has 0 bridgehead atoms. The Labute approximate surface area is 165 Å². The second kappa shape index (κ2) is 7.35. The highest BCUT2D eigenvalue weighted by Crippen LogP contribution is 2.40. The molecule has 0 saturated heterocycles. The minimum atomic E-state index is -0.596. The van der Waals surface area contributed by atoms with Crippen molar-refractivity contribution in [3.05, 3.63) is 62.5 Å². The average Bonchev–Trinajstić information content (AvgIpc) is 2.64. The van der Waals surface area contributed by atoms with Crippen LogP contribution in [0.1, 0.15) is 15.9 Å². The summed E-state index contributed by atoms with van der Waals surface area (Å²) in [6.45, 7) is 0. The van der Waals surface area contributed by atoms with Crippen LogP contribution < -0.4 is 5.43 Å². The number of phenolic OH excluding ortho intramolecular Hbond substituents is 3. The molecule has 3 aromatic carbocycles. The van der Waals surface area contributed by atoms with E-state index < -0.39 is 5.91 Å². The summed E-state index contributed by atoms with van der Waals surface area (Å²) in [5, 5.41) is 35.1. The van der Waals surface area contributed by atoms with Gasteiger partial charge < -0.3 is 15.3 Å². The molecule has 0 unspecified atom stereocenters. The van der Waals surface area contributed by atoms with Crippen LogP contribution in [0, 0.1) is 0 Å². The number of carbonyl (C=O) groups excluding carboxylic acids is 1. The minimum absolute atomic E-state index is 0.0816. The van der Waals surface area contributed by atoms with Gasteiger partial charge in [0, 0.05) is 10.9 Å². The number of fused-ring (bicyclic) bond motifs is 1. The Hall–Kier alpha value is -2.58. The number of aromatic hydroxyl groups is 3. The van der Waals surface area contributed by atoms with Gasteiger partial charge in [-0.1, -0.05) is 30.3 Å². The molecule has 8 heteroatoms. The second-order valence-electron chi connectivity index (χ2n) is 5.34. The number of hydrogen-bond donors (Lipinski definition) is 4. The van der Waals surface area contributed by atoms with Gasteiger partial charge in [0.25, 0.3) is 5.91 Å². The summed E-state index contributed by atoms with van der Waals surface area (Å²) in [6.07, 6.45) is 1.22. The summed E-state index contributed by atoms with van der Waals surface area (Å²) in [6, 6.07) is 11.8. The largest absolute Gasteiger partial charge is 0.506 e. The van der Waals surface area contributed by atoms with Gasteiger partial charge in [-0.25, -0.2) is 5.43 Å². The lowest BCUT2D eigenvalue weighted by Crippen LogP contribution is -2.17. The highest BCUT2D eigenvalue weighted by Gasteiger charge is 2.14. The first kappa shape index (κ1) is 18.2. The van der Waals surface area contributed by atoms with Crippen molar-refractivity contribution in [2.24, 2.45) is 5.10 Å². The first-order valence-electron chi connectivity index (χ1n) is 7.34. The van der Waals surface area contributed by atoms with Crippen LogP contribution in [0.25, 0.3) is 10.8 Å². The Morgan fingerprint density at radius 2 is 1.73 bits per heavy atom. The van der Waals surface area contributed by atoms with E-state index in [2.05, 4.69) is 42.4 Å². The van der Waals surface area contributed by atoms with Gasteiger partial charge in [-0.3, -0.25) is 4.79 Å². The van der Waals surface area contributed by atoms with Crippen molar-refractivity contribution in [3.8, 4) is 17.2 Å². The number of nitrogens with zero attached hydrogens (tertiary/aromatic N) is 1. The molecule has 0 atom stereocenters. The maximum atomic E-state index is 12.3. The van der Waals surface area contributed by atoms with Crippen molar-refractivity contribution in [1.29, 1.82) is 0 Å². The zero-order valence-corrected chi connectivity index (χ0v) is 16.2. The van der Waals surface area contributed by atoms with Crippen molar-refractivity contribution < 1.29 is 20.1 Å². The van der Waals surface area contributed by atoms with E-state index in [1.807, 2.05) is 12.1 Å². The lowest BCUT2D eigenvalue weighted by atomic mass is 10.1. The molecule has 0 radical (unpaired) electrons. The molecule has 6 nitrogen and oxygen atoms in total. The van der Waals surface area contributed by atoms with Crippen LogP contribution >= 0.6 is 31.9 Å². The van der Waals surface area contributed by atoms with Gasteiger partial charge in [0.1, 0.15) is 21.7 Å². The minimum Gasteiger partial charge on any atom is -0.506 e. The molecule has 0 spiro atoms. The fourth-order valence-electron chi connectivity index (χ4n) is 2.37. The molecule has 3 rings (SSSR count). The van der Waals surface area contributed by atoms with E-state index in [0.717, 1.165) is 5.39 Å². The summed E-state index contributed by atoms with van der Waals surface area (Å²) in [4.78, 5) is 12.3. The molecule has 3 aromatic rings. The van der Waals surface area contributed by atoms with Crippen LogP contribution in [-0.4, -0.2) is 27.4 Å². The highest BCUT2D eigenvalue weighted by molar-refractivity contribution is 9.11. The Balaban J connectivity index is 1.84. The lowest BCUT2D eigenvalue weighted by Gasteiger charge is -2.07. The molecule has 1 amide bonds. The number of rotatable bonds is 3. The predicted octanol–water partition coefficient (Wildman–Crippen LogP) is 4.25. The van der Waals surface area contributed by atoms with Crippen molar-refractivity contribution >= 4 is 54.8 Å². The third-order valence-corrected chi connectivity index (χ3v) is 5.07. The topological polar surface area (TPSA) is 102 Å². The van der Waals surface area contributed by atoms with Gasteiger partial charge in [-0.15, -0.1) is 0 Å². The maximum Gasteiger partial charge on any atom is 0.275 e. The first-order valence-corrected chi connectivity index (χ1v) is 8.92. The summed E-state index contributed by atoms with van der Waals surface area (Å²) >= 11 is 6.21. The van der Waals surface area contributed by atoms with Crippen LogP contribution in [0.5, 0.6) is 17.2 Å². The molecule has 0 aromatic heterocycles. The predicted molar refractivity (Wildman–Crippen MR) is 106 cm³/mol. The number of halogens is 2. The molecule has 0 aliphatic rings. The molecule has 0 aliphatic heterocycles. The number of carbonyl (C=O) groups is 1. The Morgan fingerprint density at radius 3 is 2.50 bits per heavy atom. The quantitative estimate of drug-likeness (QED) is 0.333. The average molecular weight is 480 g/mol. The van der Waals surface area contributed by atoms with E-state index >= 15 is 0 Å². The molecule has 0 aliphatic carbocycles. The number of amides is 1. The molecular formula is C18H12Br2N2O4. The van der Waals surface area contributed by atoms with Crippen LogP contribution in [0.2, 0.25) is 0 Å². The standard InChI is InChI=1S/C18H12Br2N2O4/c19-13-7-10(15(23)14(20)17(13)25)8-21-22-18(26)12-6-5-9-3-1-2-4-11(9)16(12)24/h1-8,23-25H,(H,22,26)/b21-8+. The molecule has 4 N–H and O–H groups in total. The van der Waals surface area contributed by atoms with Gasteiger partial charge >= 0.3 is 0 Å². The van der Waals surface area contributed by atoms with E-state index in [-0.39, 0.29) is 32.8 Å². The fraction of sp³-hybridized carbons (Fsp3) is 0. The molecular weight excluding hydrogens is 468 g/mol.